The third kappa shape index (κ3) is 3.51. The highest BCUT2D eigenvalue weighted by molar-refractivity contribution is 5.58. The van der Waals surface area contributed by atoms with E-state index in [0.29, 0.717) is 29.4 Å². The van der Waals surface area contributed by atoms with E-state index < -0.39 is 0 Å². The van der Waals surface area contributed by atoms with E-state index in [9.17, 15) is 4.39 Å². The van der Waals surface area contributed by atoms with Crippen LogP contribution in [-0.2, 0) is 6.42 Å². The zero-order valence-corrected chi connectivity index (χ0v) is 13.5. The van der Waals surface area contributed by atoms with Crippen molar-refractivity contribution in [2.75, 3.05) is 14.2 Å². The number of hydrogen-bond acceptors (Lipinski definition) is 4. The summed E-state index contributed by atoms with van der Waals surface area (Å²) in [4.78, 5) is 8.83. The molecule has 0 N–H and O–H groups in total. The summed E-state index contributed by atoms with van der Waals surface area (Å²) in [7, 11) is 3.20. The molecule has 3 rings (SSSR count). The SMILES string of the molecule is COc1ccc(Cc2nccc(-c3cccc(F)c3)n2)cc1OC. The van der Waals surface area contributed by atoms with Gasteiger partial charge in [-0.15, -0.1) is 0 Å². The minimum absolute atomic E-state index is 0.285. The quantitative estimate of drug-likeness (QED) is 0.714. The van der Waals surface area contributed by atoms with Crippen LogP contribution in [0.2, 0.25) is 0 Å². The van der Waals surface area contributed by atoms with Crippen molar-refractivity contribution in [2.24, 2.45) is 0 Å². The highest BCUT2D eigenvalue weighted by Gasteiger charge is 2.08. The molecule has 24 heavy (non-hydrogen) atoms. The molecular formula is C19H17FN2O2. The normalized spacial score (nSPS) is 10.5. The molecule has 1 aromatic heterocycles. The fraction of sp³-hybridized carbons (Fsp3) is 0.158. The van der Waals surface area contributed by atoms with E-state index in [0.717, 1.165) is 11.1 Å². The van der Waals surface area contributed by atoms with Crippen LogP contribution in [0.4, 0.5) is 4.39 Å². The highest BCUT2D eigenvalue weighted by Crippen LogP contribution is 2.28. The molecule has 0 spiro atoms. The van der Waals surface area contributed by atoms with E-state index in [1.807, 2.05) is 24.3 Å². The summed E-state index contributed by atoms with van der Waals surface area (Å²) < 4.78 is 23.9. The molecule has 0 amide bonds. The lowest BCUT2D eigenvalue weighted by Gasteiger charge is -2.09. The maximum atomic E-state index is 13.4. The number of nitrogens with zero attached hydrogens (tertiary/aromatic N) is 2. The zero-order valence-electron chi connectivity index (χ0n) is 13.5. The Bertz CT molecular complexity index is 852. The third-order valence-electron chi connectivity index (χ3n) is 3.64. The smallest absolute Gasteiger partial charge is 0.161 e. The van der Waals surface area contributed by atoms with Gasteiger partial charge in [0, 0.05) is 18.2 Å². The molecule has 122 valence electrons. The van der Waals surface area contributed by atoms with Crippen LogP contribution in [0.3, 0.4) is 0 Å². The Morgan fingerprint density at radius 1 is 0.958 bits per heavy atom. The van der Waals surface area contributed by atoms with Gasteiger partial charge in [0.2, 0.25) is 0 Å². The molecule has 0 atom stereocenters. The second kappa shape index (κ2) is 7.08. The first-order valence-corrected chi connectivity index (χ1v) is 7.48. The van der Waals surface area contributed by atoms with Crippen LogP contribution < -0.4 is 9.47 Å². The van der Waals surface area contributed by atoms with Crippen molar-refractivity contribution in [3.05, 3.63) is 71.9 Å². The van der Waals surface area contributed by atoms with Crippen LogP contribution in [0.15, 0.2) is 54.7 Å². The van der Waals surface area contributed by atoms with E-state index >= 15 is 0 Å². The first kappa shape index (κ1) is 15.9. The Labute approximate surface area is 139 Å². The van der Waals surface area contributed by atoms with Gasteiger partial charge in [0.1, 0.15) is 11.6 Å². The van der Waals surface area contributed by atoms with Crippen molar-refractivity contribution in [3.8, 4) is 22.8 Å². The molecule has 0 radical (unpaired) electrons. The second-order valence-electron chi connectivity index (χ2n) is 5.23. The Morgan fingerprint density at radius 3 is 2.54 bits per heavy atom. The molecule has 0 aliphatic rings. The fourth-order valence-corrected chi connectivity index (χ4v) is 2.47. The van der Waals surface area contributed by atoms with Crippen LogP contribution in [0.5, 0.6) is 11.5 Å². The van der Waals surface area contributed by atoms with E-state index in [2.05, 4.69) is 9.97 Å². The van der Waals surface area contributed by atoms with Crippen molar-refractivity contribution >= 4 is 0 Å². The van der Waals surface area contributed by atoms with Gasteiger partial charge in [-0.25, -0.2) is 14.4 Å². The van der Waals surface area contributed by atoms with Gasteiger partial charge in [-0.2, -0.15) is 0 Å². The highest BCUT2D eigenvalue weighted by atomic mass is 19.1. The molecule has 3 aromatic rings. The average Bonchev–Trinajstić information content (AvgIpc) is 2.62. The van der Waals surface area contributed by atoms with Gasteiger partial charge < -0.3 is 9.47 Å². The van der Waals surface area contributed by atoms with Crippen molar-refractivity contribution in [1.29, 1.82) is 0 Å². The van der Waals surface area contributed by atoms with Crippen LogP contribution in [-0.4, -0.2) is 24.2 Å². The number of aromatic nitrogens is 2. The molecule has 0 saturated carbocycles. The summed E-state index contributed by atoms with van der Waals surface area (Å²) in [6, 6.07) is 13.8. The first-order valence-electron chi connectivity index (χ1n) is 7.48. The maximum Gasteiger partial charge on any atom is 0.161 e. The summed E-state index contributed by atoms with van der Waals surface area (Å²) in [6.45, 7) is 0. The van der Waals surface area contributed by atoms with Crippen molar-refractivity contribution in [2.45, 2.75) is 6.42 Å². The lowest BCUT2D eigenvalue weighted by molar-refractivity contribution is 0.354. The van der Waals surface area contributed by atoms with Crippen molar-refractivity contribution < 1.29 is 13.9 Å². The topological polar surface area (TPSA) is 44.2 Å². The molecule has 0 aliphatic heterocycles. The summed E-state index contributed by atoms with van der Waals surface area (Å²) >= 11 is 0. The molecule has 0 bridgehead atoms. The van der Waals surface area contributed by atoms with Gasteiger partial charge in [-0.05, 0) is 35.9 Å². The van der Waals surface area contributed by atoms with Gasteiger partial charge in [-0.1, -0.05) is 18.2 Å². The molecule has 4 nitrogen and oxygen atoms in total. The van der Waals surface area contributed by atoms with Crippen LogP contribution >= 0.6 is 0 Å². The number of methoxy groups -OCH3 is 2. The third-order valence-corrected chi connectivity index (χ3v) is 3.64. The van der Waals surface area contributed by atoms with Gasteiger partial charge in [-0.3, -0.25) is 0 Å². The average molecular weight is 324 g/mol. The van der Waals surface area contributed by atoms with Gasteiger partial charge >= 0.3 is 0 Å². The molecule has 0 unspecified atom stereocenters. The van der Waals surface area contributed by atoms with Gasteiger partial charge in [0.05, 0.1) is 19.9 Å². The van der Waals surface area contributed by atoms with Crippen LogP contribution in [0.25, 0.3) is 11.3 Å². The summed E-state index contributed by atoms with van der Waals surface area (Å²) in [6.07, 6.45) is 2.23. The van der Waals surface area contributed by atoms with Crippen LogP contribution in [0.1, 0.15) is 11.4 Å². The number of ether oxygens (including phenoxy) is 2. The predicted octanol–water partition coefficient (Wildman–Crippen LogP) is 3.89. The maximum absolute atomic E-state index is 13.4. The summed E-state index contributed by atoms with van der Waals surface area (Å²) in [5, 5.41) is 0. The fourth-order valence-electron chi connectivity index (χ4n) is 2.47. The molecule has 1 heterocycles. The Balaban J connectivity index is 1.87. The summed E-state index contributed by atoms with van der Waals surface area (Å²) in [5.74, 6) is 1.71. The second-order valence-corrected chi connectivity index (χ2v) is 5.23. The van der Waals surface area contributed by atoms with E-state index in [1.54, 1.807) is 32.5 Å². The molecule has 0 saturated heterocycles. The number of benzene rings is 2. The molecule has 0 aliphatic carbocycles. The number of hydrogen-bond donors (Lipinski definition) is 0. The van der Waals surface area contributed by atoms with Gasteiger partial charge in [0.25, 0.3) is 0 Å². The standard InChI is InChI=1S/C19H17FN2O2/c1-23-17-7-6-13(10-18(17)24-2)11-19-21-9-8-16(22-19)14-4-3-5-15(20)12-14/h3-10,12H,11H2,1-2H3. The molecular weight excluding hydrogens is 307 g/mol. The Morgan fingerprint density at radius 2 is 1.79 bits per heavy atom. The van der Waals surface area contributed by atoms with E-state index in [-0.39, 0.29) is 5.82 Å². The van der Waals surface area contributed by atoms with Crippen LogP contribution in [0, 0.1) is 5.82 Å². The Kier molecular flexibility index (Phi) is 4.70. The first-order chi connectivity index (χ1) is 11.7. The number of halogens is 1. The molecule has 5 heteroatoms. The van der Waals surface area contributed by atoms with E-state index in [4.69, 9.17) is 9.47 Å². The zero-order chi connectivity index (χ0) is 16.9. The largest absolute Gasteiger partial charge is 0.493 e. The lowest BCUT2D eigenvalue weighted by Crippen LogP contribution is -1.99. The molecule has 0 fully saturated rings. The molecule has 2 aromatic carbocycles. The summed E-state index contributed by atoms with van der Waals surface area (Å²) in [5.41, 5.74) is 2.43. The minimum atomic E-state index is -0.285. The predicted molar refractivity (Wildman–Crippen MR) is 89.8 cm³/mol. The van der Waals surface area contributed by atoms with E-state index in [1.165, 1.54) is 12.1 Å². The minimum Gasteiger partial charge on any atom is -0.493 e. The monoisotopic (exact) mass is 324 g/mol. The lowest BCUT2D eigenvalue weighted by atomic mass is 10.1. The Hall–Kier alpha value is -2.95. The number of rotatable bonds is 5. The van der Waals surface area contributed by atoms with Crippen molar-refractivity contribution in [1.82, 2.24) is 9.97 Å². The van der Waals surface area contributed by atoms with Crippen molar-refractivity contribution in [3.63, 3.8) is 0 Å². The van der Waals surface area contributed by atoms with Gasteiger partial charge in [0.15, 0.2) is 11.5 Å².